The highest BCUT2D eigenvalue weighted by atomic mass is 16.5. The molecular weight excluding hydrogens is 176 g/mol. The van der Waals surface area contributed by atoms with E-state index in [0.717, 1.165) is 19.3 Å². The lowest BCUT2D eigenvalue weighted by Crippen LogP contribution is -1.93. The molecule has 1 rings (SSSR count). The monoisotopic (exact) mass is 192 g/mol. The van der Waals surface area contributed by atoms with Crippen molar-refractivity contribution < 1.29 is 4.86 Å². The van der Waals surface area contributed by atoms with Gasteiger partial charge >= 0.3 is 0 Å². The number of rotatable bonds is 5. The Hall–Kier alpha value is -1.38. The van der Waals surface area contributed by atoms with Gasteiger partial charge in [0.15, 0.2) is 0 Å². The van der Waals surface area contributed by atoms with Gasteiger partial charge in [0.25, 0.3) is 0 Å². The van der Waals surface area contributed by atoms with Gasteiger partial charge in [-0.15, -0.1) is 0 Å². The van der Waals surface area contributed by atoms with Gasteiger partial charge in [-0.2, -0.15) is 0 Å². The minimum Gasteiger partial charge on any atom is -0.594 e. The molecule has 0 aliphatic rings. The molecule has 3 nitrogen and oxygen atoms in total. The van der Waals surface area contributed by atoms with Crippen LogP contribution in [0.15, 0.2) is 35.4 Å². The molecule has 0 radical (unpaired) electrons. The number of unbranched alkanes of at least 4 members (excludes halogenated alkanes) is 2. The van der Waals surface area contributed by atoms with Crippen molar-refractivity contribution in [3.8, 4) is 0 Å². The molecule has 0 aliphatic carbocycles. The maximum Gasteiger partial charge on any atom is 0.244 e. The van der Waals surface area contributed by atoms with Gasteiger partial charge in [0.05, 0.1) is 0 Å². The van der Waals surface area contributed by atoms with E-state index in [9.17, 15) is 5.21 Å². The van der Waals surface area contributed by atoms with Crippen LogP contribution in [0.25, 0.3) is 0 Å². The van der Waals surface area contributed by atoms with Crippen molar-refractivity contribution in [3.63, 3.8) is 0 Å². The minimum atomic E-state index is 0.601. The van der Waals surface area contributed by atoms with Gasteiger partial charge in [0.2, 0.25) is 5.69 Å². The summed E-state index contributed by atoms with van der Waals surface area (Å²) in [6, 6.07) is 9.07. The van der Waals surface area contributed by atoms with Gasteiger partial charge in [-0.25, -0.2) is 0 Å². The van der Waals surface area contributed by atoms with Crippen LogP contribution in [0, 0.1) is 5.21 Å². The fourth-order valence-electron chi connectivity index (χ4n) is 1.16. The Labute approximate surface area is 84.7 Å². The van der Waals surface area contributed by atoms with E-state index in [-0.39, 0.29) is 0 Å². The molecule has 0 aliphatic heterocycles. The fraction of sp³-hybridized carbons (Fsp3) is 0.455. The van der Waals surface area contributed by atoms with Crippen molar-refractivity contribution in [2.24, 2.45) is 5.11 Å². The van der Waals surface area contributed by atoms with Gasteiger partial charge < -0.3 is 5.21 Å². The molecule has 0 fully saturated rings. The van der Waals surface area contributed by atoms with Gasteiger partial charge in [-0.1, -0.05) is 42.8 Å². The quantitative estimate of drug-likeness (QED) is 0.304. The van der Waals surface area contributed by atoms with Crippen LogP contribution in [0.4, 0.5) is 5.69 Å². The van der Waals surface area contributed by atoms with Crippen LogP contribution >= 0.6 is 0 Å². The maximum atomic E-state index is 11.4. The summed E-state index contributed by atoms with van der Waals surface area (Å²) < 4.78 is 0. The zero-order valence-electron chi connectivity index (χ0n) is 8.52. The van der Waals surface area contributed by atoms with Crippen molar-refractivity contribution >= 4 is 5.69 Å². The molecule has 1 aromatic carbocycles. The summed E-state index contributed by atoms with van der Waals surface area (Å²) in [6.45, 7) is 2.75. The van der Waals surface area contributed by atoms with E-state index in [1.807, 2.05) is 18.2 Å². The van der Waals surface area contributed by atoms with Crippen molar-refractivity contribution in [3.05, 3.63) is 35.5 Å². The molecule has 3 heteroatoms. The number of para-hydroxylation sites is 1. The van der Waals surface area contributed by atoms with E-state index in [1.54, 1.807) is 12.1 Å². The topological polar surface area (TPSA) is 38.4 Å². The molecule has 0 atom stereocenters. The van der Waals surface area contributed by atoms with Crippen molar-refractivity contribution in [1.82, 2.24) is 0 Å². The molecule has 0 saturated heterocycles. The minimum absolute atomic E-state index is 0.601. The molecule has 0 saturated carbocycles. The van der Waals surface area contributed by atoms with Gasteiger partial charge in [0, 0.05) is 12.1 Å². The van der Waals surface area contributed by atoms with Crippen LogP contribution < -0.4 is 0 Å². The first-order valence-electron chi connectivity index (χ1n) is 5.04. The molecule has 0 spiro atoms. The average Bonchev–Trinajstić information content (AvgIpc) is 2.25. The second-order valence-corrected chi connectivity index (χ2v) is 3.18. The lowest BCUT2D eigenvalue weighted by Gasteiger charge is -1.98. The van der Waals surface area contributed by atoms with Gasteiger partial charge in [0.1, 0.15) is 6.54 Å². The maximum absolute atomic E-state index is 11.4. The van der Waals surface area contributed by atoms with E-state index >= 15 is 0 Å². The Morgan fingerprint density at radius 3 is 2.57 bits per heavy atom. The normalized spacial score (nSPS) is 11.6. The number of azo groups is 1. The summed E-state index contributed by atoms with van der Waals surface area (Å²) in [5.41, 5.74) is 0.601. The smallest absolute Gasteiger partial charge is 0.244 e. The lowest BCUT2D eigenvalue weighted by atomic mass is 10.3. The molecule has 14 heavy (non-hydrogen) atoms. The zero-order valence-corrected chi connectivity index (χ0v) is 8.52. The molecule has 76 valence electrons. The summed E-state index contributed by atoms with van der Waals surface area (Å²) >= 11 is 0. The molecule has 1 aromatic rings. The molecule has 0 aromatic heterocycles. The Bertz CT molecular complexity index is 283. The predicted octanol–water partition coefficient (Wildman–Crippen LogP) is 3.47. The van der Waals surface area contributed by atoms with Crippen molar-refractivity contribution in [2.75, 3.05) is 6.54 Å². The Morgan fingerprint density at radius 2 is 1.93 bits per heavy atom. The van der Waals surface area contributed by atoms with Gasteiger partial charge in [-0.05, 0) is 11.5 Å². The molecule has 0 amide bonds. The third-order valence-electron chi connectivity index (χ3n) is 1.97. The molecule has 0 bridgehead atoms. The SMILES string of the molecule is CCCCC/N=[N+](\[O-])c1ccccc1. The van der Waals surface area contributed by atoms with Crippen LogP contribution in [0.1, 0.15) is 26.2 Å². The largest absolute Gasteiger partial charge is 0.594 e. The van der Waals surface area contributed by atoms with Crippen LogP contribution in [0.3, 0.4) is 0 Å². The summed E-state index contributed by atoms with van der Waals surface area (Å²) in [5, 5.41) is 15.3. The first-order valence-corrected chi connectivity index (χ1v) is 5.04. The van der Waals surface area contributed by atoms with E-state index < -0.39 is 0 Å². The molecule has 0 N–H and O–H groups in total. The van der Waals surface area contributed by atoms with Gasteiger partial charge in [-0.3, -0.25) is 0 Å². The molecular formula is C11H16N2O. The highest BCUT2D eigenvalue weighted by Crippen LogP contribution is 2.09. The van der Waals surface area contributed by atoms with Crippen LogP contribution in [-0.2, 0) is 0 Å². The van der Waals surface area contributed by atoms with Crippen molar-refractivity contribution in [2.45, 2.75) is 26.2 Å². The second kappa shape index (κ2) is 6.13. The molecule has 0 unspecified atom stereocenters. The number of hydrogen-bond donors (Lipinski definition) is 0. The van der Waals surface area contributed by atoms with Crippen molar-refractivity contribution in [1.29, 1.82) is 0 Å². The third kappa shape index (κ3) is 3.56. The summed E-state index contributed by atoms with van der Waals surface area (Å²) in [7, 11) is 0. The van der Waals surface area contributed by atoms with E-state index in [1.165, 1.54) is 0 Å². The Morgan fingerprint density at radius 1 is 1.21 bits per heavy atom. The fourth-order valence-corrected chi connectivity index (χ4v) is 1.16. The highest BCUT2D eigenvalue weighted by molar-refractivity contribution is 5.27. The Balaban J connectivity index is 2.44. The molecule has 0 heterocycles. The summed E-state index contributed by atoms with van der Waals surface area (Å²) in [4.78, 5) is 0.704. The van der Waals surface area contributed by atoms with Crippen LogP contribution in [-0.4, -0.2) is 11.4 Å². The first-order chi connectivity index (χ1) is 6.84. The van der Waals surface area contributed by atoms with E-state index in [0.29, 0.717) is 17.1 Å². The van der Waals surface area contributed by atoms with E-state index in [4.69, 9.17) is 0 Å². The van der Waals surface area contributed by atoms with E-state index in [2.05, 4.69) is 12.0 Å². The standard InChI is InChI=1S/C11H16N2O/c1-2-3-7-10-12-13(14)11-8-5-4-6-9-11/h4-6,8-9H,2-3,7,10H2,1H3/b13-12-. The lowest BCUT2D eigenvalue weighted by molar-refractivity contribution is -0.442. The summed E-state index contributed by atoms with van der Waals surface area (Å²) in [6.07, 6.45) is 3.27. The average molecular weight is 192 g/mol. The van der Waals surface area contributed by atoms with Crippen LogP contribution in [0.5, 0.6) is 0 Å². The zero-order chi connectivity index (χ0) is 10.2. The number of hydrogen-bond acceptors (Lipinski definition) is 2. The summed E-state index contributed by atoms with van der Waals surface area (Å²) in [5.74, 6) is 0. The first kappa shape index (κ1) is 10.7. The number of nitrogens with zero attached hydrogens (tertiary/aromatic N) is 2. The highest BCUT2D eigenvalue weighted by Gasteiger charge is 1.99. The number of benzene rings is 1. The second-order valence-electron chi connectivity index (χ2n) is 3.18. The van der Waals surface area contributed by atoms with Crippen LogP contribution in [0.2, 0.25) is 0 Å². The third-order valence-corrected chi connectivity index (χ3v) is 1.97. The predicted molar refractivity (Wildman–Crippen MR) is 56.5 cm³/mol. The Kier molecular flexibility index (Phi) is 4.69.